The van der Waals surface area contributed by atoms with Crippen LogP contribution in [0, 0.1) is 0 Å². The zero-order chi connectivity index (χ0) is 18.1. The second kappa shape index (κ2) is 9.84. The average molecular weight is 345 g/mol. The molecule has 1 unspecified atom stereocenters. The molecule has 2 rings (SSSR count). The number of amides is 2. The summed E-state index contributed by atoms with van der Waals surface area (Å²) in [5, 5.41) is 2.88. The predicted molar refractivity (Wildman–Crippen MR) is 97.5 cm³/mol. The molecule has 1 aliphatic rings. The van der Waals surface area contributed by atoms with Gasteiger partial charge in [-0.25, -0.2) is 0 Å². The van der Waals surface area contributed by atoms with Crippen molar-refractivity contribution in [2.45, 2.75) is 31.7 Å². The van der Waals surface area contributed by atoms with E-state index in [0.29, 0.717) is 44.0 Å². The third-order valence-electron chi connectivity index (χ3n) is 4.26. The second-order valence-corrected chi connectivity index (χ2v) is 6.11. The standard InChI is InChI=1S/C19H27N3O3/c1-2-13-25-17-8-6-15(7-9-17)19(24)22-12-4-3-5-16(22)14-21-18(23)10-11-20/h2,6-9,16H,1,3-5,10-14,20H2,(H,21,23). The summed E-state index contributed by atoms with van der Waals surface area (Å²) in [6.45, 7) is 5.57. The van der Waals surface area contributed by atoms with Crippen LogP contribution in [0.5, 0.6) is 5.75 Å². The van der Waals surface area contributed by atoms with Crippen molar-refractivity contribution >= 4 is 11.8 Å². The number of nitrogens with two attached hydrogens (primary N) is 1. The smallest absolute Gasteiger partial charge is 0.254 e. The molecule has 6 nitrogen and oxygen atoms in total. The largest absolute Gasteiger partial charge is 0.490 e. The van der Waals surface area contributed by atoms with E-state index in [4.69, 9.17) is 10.5 Å². The number of rotatable bonds is 8. The van der Waals surface area contributed by atoms with Crippen molar-refractivity contribution in [1.29, 1.82) is 0 Å². The topological polar surface area (TPSA) is 84.7 Å². The molecule has 25 heavy (non-hydrogen) atoms. The highest BCUT2D eigenvalue weighted by Crippen LogP contribution is 2.21. The highest BCUT2D eigenvalue weighted by molar-refractivity contribution is 5.94. The zero-order valence-electron chi connectivity index (χ0n) is 14.6. The molecule has 0 saturated carbocycles. The SMILES string of the molecule is C=CCOc1ccc(C(=O)N2CCCCC2CNC(=O)CCN)cc1. The molecule has 1 atom stereocenters. The summed E-state index contributed by atoms with van der Waals surface area (Å²) in [7, 11) is 0. The van der Waals surface area contributed by atoms with Crippen LogP contribution in [0.4, 0.5) is 0 Å². The first kappa shape index (κ1) is 19.0. The number of nitrogens with zero attached hydrogens (tertiary/aromatic N) is 1. The van der Waals surface area contributed by atoms with Gasteiger partial charge in [0.2, 0.25) is 5.91 Å². The Hall–Kier alpha value is -2.34. The van der Waals surface area contributed by atoms with Gasteiger partial charge >= 0.3 is 0 Å². The van der Waals surface area contributed by atoms with E-state index in [-0.39, 0.29) is 17.9 Å². The number of ether oxygens (including phenoxy) is 1. The quantitative estimate of drug-likeness (QED) is 0.703. The Morgan fingerprint density at radius 1 is 1.32 bits per heavy atom. The maximum Gasteiger partial charge on any atom is 0.254 e. The minimum absolute atomic E-state index is 0.00644. The van der Waals surface area contributed by atoms with Crippen LogP contribution >= 0.6 is 0 Å². The number of carbonyl (C=O) groups is 2. The van der Waals surface area contributed by atoms with Crippen molar-refractivity contribution in [2.75, 3.05) is 26.2 Å². The number of nitrogens with one attached hydrogen (secondary N) is 1. The summed E-state index contributed by atoms with van der Waals surface area (Å²) < 4.78 is 5.44. The van der Waals surface area contributed by atoms with Gasteiger partial charge in [0.15, 0.2) is 0 Å². The molecular formula is C19H27N3O3. The zero-order valence-corrected chi connectivity index (χ0v) is 14.6. The van der Waals surface area contributed by atoms with E-state index in [0.717, 1.165) is 19.3 Å². The maximum atomic E-state index is 12.8. The normalized spacial score (nSPS) is 17.0. The van der Waals surface area contributed by atoms with E-state index < -0.39 is 0 Å². The Morgan fingerprint density at radius 3 is 2.76 bits per heavy atom. The first-order chi connectivity index (χ1) is 12.2. The number of likely N-dealkylation sites (tertiary alicyclic amines) is 1. The molecule has 1 fully saturated rings. The predicted octanol–water partition coefficient (Wildman–Crippen LogP) is 1.71. The summed E-state index contributed by atoms with van der Waals surface area (Å²) in [5.41, 5.74) is 6.02. The Balaban J connectivity index is 1.99. The summed E-state index contributed by atoms with van der Waals surface area (Å²) >= 11 is 0. The molecule has 1 aromatic carbocycles. The maximum absolute atomic E-state index is 12.8. The van der Waals surface area contributed by atoms with Crippen LogP contribution in [-0.4, -0.2) is 49.0 Å². The minimum atomic E-state index is -0.0656. The first-order valence-corrected chi connectivity index (χ1v) is 8.77. The molecule has 1 saturated heterocycles. The van der Waals surface area contributed by atoms with E-state index in [1.54, 1.807) is 30.3 Å². The second-order valence-electron chi connectivity index (χ2n) is 6.11. The minimum Gasteiger partial charge on any atom is -0.490 e. The van der Waals surface area contributed by atoms with Gasteiger partial charge in [-0.1, -0.05) is 12.7 Å². The van der Waals surface area contributed by atoms with Gasteiger partial charge in [0.25, 0.3) is 5.91 Å². The van der Waals surface area contributed by atoms with Crippen LogP contribution in [0.3, 0.4) is 0 Å². The fraction of sp³-hybridized carbons (Fsp3) is 0.474. The Morgan fingerprint density at radius 2 is 2.08 bits per heavy atom. The molecule has 2 amide bonds. The summed E-state index contributed by atoms with van der Waals surface area (Å²) in [6.07, 6.45) is 4.94. The number of benzene rings is 1. The summed E-state index contributed by atoms with van der Waals surface area (Å²) in [6, 6.07) is 7.16. The molecule has 1 heterocycles. The van der Waals surface area contributed by atoms with Gasteiger partial charge in [0, 0.05) is 37.7 Å². The molecule has 6 heteroatoms. The summed E-state index contributed by atoms with van der Waals surface area (Å²) in [5.74, 6) is 0.637. The molecule has 1 aliphatic heterocycles. The van der Waals surface area contributed by atoms with Crippen LogP contribution < -0.4 is 15.8 Å². The van der Waals surface area contributed by atoms with E-state index in [1.807, 2.05) is 4.90 Å². The van der Waals surface area contributed by atoms with Crippen molar-refractivity contribution in [1.82, 2.24) is 10.2 Å². The van der Waals surface area contributed by atoms with Gasteiger partial charge in [0.05, 0.1) is 0 Å². The van der Waals surface area contributed by atoms with Crippen molar-refractivity contribution in [3.63, 3.8) is 0 Å². The van der Waals surface area contributed by atoms with Gasteiger partial charge in [-0.15, -0.1) is 0 Å². The number of piperidine rings is 1. The first-order valence-electron chi connectivity index (χ1n) is 8.77. The van der Waals surface area contributed by atoms with E-state index in [1.165, 1.54) is 0 Å². The number of hydrogen-bond donors (Lipinski definition) is 2. The lowest BCUT2D eigenvalue weighted by molar-refractivity contribution is -0.121. The van der Waals surface area contributed by atoms with Gasteiger partial charge in [0.1, 0.15) is 12.4 Å². The van der Waals surface area contributed by atoms with Crippen LogP contribution in [0.25, 0.3) is 0 Å². The molecule has 0 bridgehead atoms. The lowest BCUT2D eigenvalue weighted by atomic mass is 10.0. The Labute approximate surface area is 149 Å². The Kier molecular flexibility index (Phi) is 7.47. The number of hydrogen-bond acceptors (Lipinski definition) is 4. The monoisotopic (exact) mass is 345 g/mol. The van der Waals surface area contributed by atoms with E-state index in [2.05, 4.69) is 11.9 Å². The van der Waals surface area contributed by atoms with Crippen LogP contribution in [0.2, 0.25) is 0 Å². The van der Waals surface area contributed by atoms with Crippen LogP contribution in [0.15, 0.2) is 36.9 Å². The molecule has 3 N–H and O–H groups in total. The van der Waals surface area contributed by atoms with Gasteiger partial charge in [-0.2, -0.15) is 0 Å². The molecular weight excluding hydrogens is 318 g/mol. The highest BCUT2D eigenvalue weighted by Gasteiger charge is 2.27. The molecule has 0 radical (unpaired) electrons. The lowest BCUT2D eigenvalue weighted by Crippen LogP contribution is -2.49. The Bertz CT molecular complexity index is 586. The molecule has 0 spiro atoms. The van der Waals surface area contributed by atoms with Gasteiger partial charge in [-0.3, -0.25) is 9.59 Å². The average Bonchev–Trinajstić information content (AvgIpc) is 2.65. The summed E-state index contributed by atoms with van der Waals surface area (Å²) in [4.78, 5) is 26.3. The van der Waals surface area contributed by atoms with Crippen molar-refractivity contribution in [3.05, 3.63) is 42.5 Å². The highest BCUT2D eigenvalue weighted by atomic mass is 16.5. The fourth-order valence-electron chi connectivity index (χ4n) is 2.95. The van der Waals surface area contributed by atoms with Crippen molar-refractivity contribution < 1.29 is 14.3 Å². The lowest BCUT2D eigenvalue weighted by Gasteiger charge is -2.36. The van der Waals surface area contributed by atoms with Crippen molar-refractivity contribution in [2.24, 2.45) is 5.73 Å². The third kappa shape index (κ3) is 5.60. The fourth-order valence-corrected chi connectivity index (χ4v) is 2.95. The van der Waals surface area contributed by atoms with Crippen LogP contribution in [0.1, 0.15) is 36.0 Å². The van der Waals surface area contributed by atoms with Crippen LogP contribution in [-0.2, 0) is 4.79 Å². The van der Waals surface area contributed by atoms with E-state index >= 15 is 0 Å². The van der Waals surface area contributed by atoms with Gasteiger partial charge < -0.3 is 20.7 Å². The van der Waals surface area contributed by atoms with E-state index in [9.17, 15) is 9.59 Å². The third-order valence-corrected chi connectivity index (χ3v) is 4.26. The molecule has 1 aromatic rings. The molecule has 0 aliphatic carbocycles. The molecule has 0 aromatic heterocycles. The van der Waals surface area contributed by atoms with Crippen molar-refractivity contribution in [3.8, 4) is 5.75 Å². The number of carbonyl (C=O) groups excluding carboxylic acids is 2. The molecule has 136 valence electrons. The van der Waals surface area contributed by atoms with Gasteiger partial charge in [-0.05, 0) is 43.5 Å².